The maximum Gasteiger partial charge on any atom is 0.251 e. The third-order valence-corrected chi connectivity index (χ3v) is 6.11. The minimum atomic E-state index is -0.133. The number of fused-ring (bicyclic) bond motifs is 1. The molecule has 2 N–H and O–H groups in total. The van der Waals surface area contributed by atoms with E-state index in [1.807, 2.05) is 42.2 Å². The summed E-state index contributed by atoms with van der Waals surface area (Å²) in [5, 5.41) is 6.29. The number of nitrogens with zero attached hydrogens (tertiary/aromatic N) is 2. The summed E-state index contributed by atoms with van der Waals surface area (Å²) >= 11 is 0. The summed E-state index contributed by atoms with van der Waals surface area (Å²) in [7, 11) is 1.63. The maximum atomic E-state index is 12.6. The minimum Gasteiger partial charge on any atom is -0.363 e. The fraction of sp³-hybridized carbons (Fsp3) is 0.435. The molecule has 2 aliphatic rings. The lowest BCUT2D eigenvalue weighted by Gasteiger charge is -2.46. The summed E-state index contributed by atoms with van der Waals surface area (Å²) < 4.78 is 0. The zero-order valence-electron chi connectivity index (χ0n) is 17.4. The standard InChI is InChI=1S/C23H28N4O2/c1-13-6-5-7-20(25-13)26-21-14(2)22(16-8-9-16)27(15(3)28)19-11-10-17(12-18(19)21)23(29)24-4/h5-7,10-12,14,16,21-22H,8-9H2,1-4H3,(H,24,29)(H,25,26)/t14-,21-,22?/m0/s1. The van der Waals surface area contributed by atoms with Crippen LogP contribution in [0.1, 0.15) is 54.3 Å². The Morgan fingerprint density at radius 2 is 1.93 bits per heavy atom. The topological polar surface area (TPSA) is 74.3 Å². The van der Waals surface area contributed by atoms with Crippen LogP contribution < -0.4 is 15.5 Å². The third-order valence-electron chi connectivity index (χ3n) is 6.11. The van der Waals surface area contributed by atoms with E-state index >= 15 is 0 Å². The lowest BCUT2D eigenvalue weighted by atomic mass is 9.79. The SMILES string of the molecule is CNC(=O)c1ccc2c(c1)[C@@H](Nc1cccc(C)n1)[C@H](C)C(C1CC1)N2C(C)=O. The Morgan fingerprint density at radius 1 is 1.17 bits per heavy atom. The van der Waals surface area contributed by atoms with Crippen molar-refractivity contribution in [2.75, 3.05) is 17.3 Å². The number of carbonyl (C=O) groups excluding carboxylic acids is 2. The average Bonchev–Trinajstić information content (AvgIpc) is 3.53. The second-order valence-electron chi connectivity index (χ2n) is 8.22. The molecular weight excluding hydrogens is 364 g/mol. The van der Waals surface area contributed by atoms with Crippen LogP contribution in [-0.4, -0.2) is 29.9 Å². The van der Waals surface area contributed by atoms with Crippen molar-refractivity contribution in [2.24, 2.45) is 11.8 Å². The lowest BCUT2D eigenvalue weighted by molar-refractivity contribution is -0.117. The normalized spacial score (nSPS) is 23.3. The smallest absolute Gasteiger partial charge is 0.251 e. The Balaban J connectivity index is 1.83. The minimum absolute atomic E-state index is 0.0369. The summed E-state index contributed by atoms with van der Waals surface area (Å²) in [6.07, 6.45) is 2.31. The molecule has 2 amide bonds. The van der Waals surface area contributed by atoms with Gasteiger partial charge >= 0.3 is 0 Å². The van der Waals surface area contributed by atoms with Crippen LogP contribution >= 0.6 is 0 Å². The molecule has 0 bridgehead atoms. The maximum absolute atomic E-state index is 12.6. The van der Waals surface area contributed by atoms with Crippen LogP contribution in [0.5, 0.6) is 0 Å². The van der Waals surface area contributed by atoms with Gasteiger partial charge in [0.1, 0.15) is 5.82 Å². The largest absolute Gasteiger partial charge is 0.363 e. The van der Waals surface area contributed by atoms with Gasteiger partial charge in [-0.05, 0) is 61.6 Å². The first kappa shape index (κ1) is 19.4. The first-order valence-corrected chi connectivity index (χ1v) is 10.3. The predicted octanol–water partition coefficient (Wildman–Crippen LogP) is 3.68. The molecule has 1 fully saturated rings. The summed E-state index contributed by atoms with van der Waals surface area (Å²) in [6, 6.07) is 11.7. The fourth-order valence-corrected chi connectivity index (χ4v) is 4.63. The summed E-state index contributed by atoms with van der Waals surface area (Å²) in [5.41, 5.74) is 3.40. The van der Waals surface area contributed by atoms with Gasteiger partial charge in [-0.2, -0.15) is 0 Å². The molecule has 2 heterocycles. The molecule has 0 spiro atoms. The Kier molecular flexibility index (Phi) is 5.03. The van der Waals surface area contributed by atoms with Crippen LogP contribution in [0.4, 0.5) is 11.5 Å². The third kappa shape index (κ3) is 3.59. The summed E-state index contributed by atoms with van der Waals surface area (Å²) in [6.45, 7) is 5.80. The van der Waals surface area contributed by atoms with E-state index in [-0.39, 0.29) is 29.8 Å². The molecular formula is C23H28N4O2. The van der Waals surface area contributed by atoms with Gasteiger partial charge in [0.05, 0.1) is 6.04 Å². The van der Waals surface area contributed by atoms with Crippen molar-refractivity contribution in [3.8, 4) is 0 Å². The number of aromatic nitrogens is 1. The number of benzene rings is 1. The molecule has 0 saturated heterocycles. The molecule has 4 rings (SSSR count). The molecule has 1 saturated carbocycles. The molecule has 152 valence electrons. The van der Waals surface area contributed by atoms with Crippen LogP contribution in [0.3, 0.4) is 0 Å². The van der Waals surface area contributed by atoms with Gasteiger partial charge in [0.2, 0.25) is 5.91 Å². The molecule has 6 heteroatoms. The number of nitrogens with one attached hydrogen (secondary N) is 2. The van der Waals surface area contributed by atoms with Crippen LogP contribution in [-0.2, 0) is 4.79 Å². The predicted molar refractivity (Wildman–Crippen MR) is 114 cm³/mol. The number of hydrogen-bond donors (Lipinski definition) is 2. The number of amides is 2. The van der Waals surface area contributed by atoms with Crippen LogP contribution in [0.25, 0.3) is 0 Å². The molecule has 1 aromatic heterocycles. The van der Waals surface area contributed by atoms with Crippen LogP contribution in [0.2, 0.25) is 0 Å². The number of anilines is 2. The van der Waals surface area contributed by atoms with E-state index in [9.17, 15) is 9.59 Å². The van der Waals surface area contributed by atoms with Gasteiger partial charge in [-0.1, -0.05) is 13.0 Å². The number of pyridine rings is 1. The molecule has 0 radical (unpaired) electrons. The van der Waals surface area contributed by atoms with Crippen molar-refractivity contribution in [1.82, 2.24) is 10.3 Å². The second kappa shape index (κ2) is 7.50. The van der Waals surface area contributed by atoms with E-state index in [1.54, 1.807) is 20.0 Å². The van der Waals surface area contributed by atoms with Crippen molar-refractivity contribution in [2.45, 2.75) is 45.7 Å². The van der Waals surface area contributed by atoms with Crippen molar-refractivity contribution in [1.29, 1.82) is 0 Å². The molecule has 6 nitrogen and oxygen atoms in total. The quantitative estimate of drug-likeness (QED) is 0.832. The number of hydrogen-bond acceptors (Lipinski definition) is 4. The first-order valence-electron chi connectivity index (χ1n) is 10.3. The van der Waals surface area contributed by atoms with Gasteiger partial charge in [-0.3, -0.25) is 9.59 Å². The molecule has 1 aliphatic carbocycles. The lowest BCUT2D eigenvalue weighted by Crippen LogP contribution is -2.51. The highest BCUT2D eigenvalue weighted by molar-refractivity contribution is 5.98. The van der Waals surface area contributed by atoms with Crippen molar-refractivity contribution >= 4 is 23.3 Å². The molecule has 3 atom stereocenters. The van der Waals surface area contributed by atoms with E-state index in [1.165, 1.54) is 0 Å². The van der Waals surface area contributed by atoms with Gasteiger partial charge in [-0.15, -0.1) is 0 Å². The van der Waals surface area contributed by atoms with Gasteiger partial charge in [0.15, 0.2) is 0 Å². The Morgan fingerprint density at radius 3 is 2.55 bits per heavy atom. The Bertz CT molecular complexity index is 954. The highest BCUT2D eigenvalue weighted by atomic mass is 16.2. The first-order chi connectivity index (χ1) is 13.9. The van der Waals surface area contributed by atoms with Crippen molar-refractivity contribution in [3.05, 3.63) is 53.2 Å². The Hall–Kier alpha value is -2.89. The van der Waals surface area contributed by atoms with Gasteiger partial charge in [0.25, 0.3) is 5.91 Å². The molecule has 29 heavy (non-hydrogen) atoms. The Labute approximate surface area is 171 Å². The number of rotatable bonds is 4. The van der Waals surface area contributed by atoms with E-state index in [4.69, 9.17) is 0 Å². The van der Waals surface area contributed by atoms with Crippen LogP contribution in [0, 0.1) is 18.8 Å². The van der Waals surface area contributed by atoms with E-state index in [0.29, 0.717) is 11.5 Å². The summed E-state index contributed by atoms with van der Waals surface area (Å²) in [5.74, 6) is 1.43. The zero-order valence-corrected chi connectivity index (χ0v) is 17.4. The van der Waals surface area contributed by atoms with Crippen molar-refractivity contribution in [3.63, 3.8) is 0 Å². The second-order valence-corrected chi connectivity index (χ2v) is 8.22. The zero-order chi connectivity index (χ0) is 20.7. The number of aryl methyl sites for hydroxylation is 1. The average molecular weight is 393 g/mol. The molecule has 2 aromatic rings. The molecule has 1 aromatic carbocycles. The monoisotopic (exact) mass is 392 g/mol. The van der Waals surface area contributed by atoms with E-state index < -0.39 is 0 Å². The highest BCUT2D eigenvalue weighted by Crippen LogP contribution is 2.50. The van der Waals surface area contributed by atoms with Crippen LogP contribution in [0.15, 0.2) is 36.4 Å². The van der Waals surface area contributed by atoms with Gasteiger partial charge in [-0.25, -0.2) is 4.98 Å². The molecule has 1 unspecified atom stereocenters. The van der Waals surface area contributed by atoms with Crippen molar-refractivity contribution < 1.29 is 9.59 Å². The molecule has 1 aliphatic heterocycles. The summed E-state index contributed by atoms with van der Waals surface area (Å²) in [4.78, 5) is 31.5. The van der Waals surface area contributed by atoms with Gasteiger partial charge in [0, 0.05) is 42.9 Å². The fourth-order valence-electron chi connectivity index (χ4n) is 4.63. The highest BCUT2D eigenvalue weighted by Gasteiger charge is 2.47. The van der Waals surface area contributed by atoms with Gasteiger partial charge < -0.3 is 15.5 Å². The van der Waals surface area contributed by atoms with E-state index in [0.717, 1.165) is 35.6 Å². The van der Waals surface area contributed by atoms with E-state index in [2.05, 4.69) is 22.5 Å². The number of carbonyl (C=O) groups is 2.